The molecule has 1 aliphatic heterocycles. The van der Waals surface area contributed by atoms with Crippen molar-refractivity contribution >= 4 is 50.6 Å². The number of hydrogen-bond donors (Lipinski definition) is 0. The van der Waals surface area contributed by atoms with Crippen LogP contribution in [0.3, 0.4) is 0 Å². The highest BCUT2D eigenvalue weighted by Crippen LogP contribution is 2.35. The predicted octanol–water partition coefficient (Wildman–Crippen LogP) is 4.61. The summed E-state index contributed by atoms with van der Waals surface area (Å²) in [6.45, 7) is 0.0133. The van der Waals surface area contributed by atoms with E-state index >= 15 is 0 Å². The lowest BCUT2D eigenvalue weighted by Crippen LogP contribution is -2.28. The molecule has 0 bridgehead atoms. The molecule has 0 N–H and O–H groups in total. The summed E-state index contributed by atoms with van der Waals surface area (Å²) in [5.41, 5.74) is 1.18. The van der Waals surface area contributed by atoms with Gasteiger partial charge in [0.2, 0.25) is 0 Å². The molecule has 0 aliphatic carbocycles. The molecule has 2 aromatic rings. The maximum absolute atomic E-state index is 12.4. The molecule has 0 radical (unpaired) electrons. The molecule has 0 saturated carbocycles. The molecule has 146 valence electrons. The average Bonchev–Trinajstić information content (AvgIpc) is 2.95. The fourth-order valence-corrected chi connectivity index (χ4v) is 3.76. The number of halogens is 1. The lowest BCUT2D eigenvalue weighted by atomic mass is 10.1. The number of imide groups is 1. The summed E-state index contributed by atoms with van der Waals surface area (Å²) in [7, 11) is 0. The van der Waals surface area contributed by atoms with E-state index < -0.39 is 16.1 Å². The van der Waals surface area contributed by atoms with Gasteiger partial charge in [-0.2, -0.15) is 0 Å². The standard InChI is InChI=1S/C20H13BrN2O5S/c1-2-8-22-19(24)18(29-20(22)25)11-14-10-15(21)6-7-17(14)28-12-13-4-3-5-16(9-13)23(26)27/h1,3-7,9-11H,8,12H2/b18-11-. The largest absolute Gasteiger partial charge is 0.488 e. The van der Waals surface area contributed by atoms with Gasteiger partial charge in [-0.05, 0) is 41.6 Å². The van der Waals surface area contributed by atoms with Gasteiger partial charge in [-0.1, -0.05) is 34.0 Å². The Morgan fingerprint density at radius 1 is 1.28 bits per heavy atom. The van der Waals surface area contributed by atoms with Crippen molar-refractivity contribution in [1.82, 2.24) is 4.90 Å². The summed E-state index contributed by atoms with van der Waals surface area (Å²) in [5.74, 6) is 2.30. The second-order valence-corrected chi connectivity index (χ2v) is 7.78. The zero-order valence-electron chi connectivity index (χ0n) is 14.8. The number of terminal acetylenes is 1. The molecule has 0 spiro atoms. The van der Waals surface area contributed by atoms with Crippen LogP contribution in [0, 0.1) is 22.5 Å². The number of carbonyl (C=O) groups excluding carboxylic acids is 2. The minimum Gasteiger partial charge on any atom is -0.488 e. The Bertz CT molecular complexity index is 1080. The molecule has 2 amide bonds. The number of benzene rings is 2. The van der Waals surface area contributed by atoms with Crippen LogP contribution in [0.2, 0.25) is 0 Å². The molecule has 2 aromatic carbocycles. The number of ether oxygens (including phenoxy) is 1. The average molecular weight is 473 g/mol. The van der Waals surface area contributed by atoms with Crippen LogP contribution in [0.25, 0.3) is 6.08 Å². The quantitative estimate of drug-likeness (QED) is 0.264. The predicted molar refractivity (Wildman–Crippen MR) is 113 cm³/mol. The van der Waals surface area contributed by atoms with E-state index in [2.05, 4.69) is 21.9 Å². The van der Waals surface area contributed by atoms with E-state index in [1.54, 1.807) is 36.4 Å². The van der Waals surface area contributed by atoms with Crippen molar-refractivity contribution in [3.63, 3.8) is 0 Å². The number of rotatable bonds is 6. The minimum absolute atomic E-state index is 0.0238. The smallest absolute Gasteiger partial charge is 0.294 e. The molecular weight excluding hydrogens is 460 g/mol. The Morgan fingerprint density at radius 2 is 2.07 bits per heavy atom. The number of hydrogen-bond acceptors (Lipinski definition) is 6. The van der Waals surface area contributed by atoms with Gasteiger partial charge in [0.15, 0.2) is 0 Å². The first-order valence-electron chi connectivity index (χ1n) is 8.23. The molecule has 0 aromatic heterocycles. The van der Waals surface area contributed by atoms with Gasteiger partial charge in [0.05, 0.1) is 16.4 Å². The fraction of sp³-hybridized carbons (Fsp3) is 0.100. The third-order valence-corrected chi connectivity index (χ3v) is 5.30. The molecule has 0 atom stereocenters. The minimum atomic E-state index is -0.471. The summed E-state index contributed by atoms with van der Waals surface area (Å²) in [6.07, 6.45) is 6.77. The number of carbonyl (C=O) groups is 2. The van der Waals surface area contributed by atoms with Gasteiger partial charge in [0, 0.05) is 22.2 Å². The summed E-state index contributed by atoms with van der Waals surface area (Å²) in [4.78, 5) is 36.0. The third kappa shape index (κ3) is 4.85. The Morgan fingerprint density at radius 3 is 2.79 bits per heavy atom. The van der Waals surface area contributed by atoms with E-state index in [1.807, 2.05) is 0 Å². The highest BCUT2D eigenvalue weighted by Gasteiger charge is 2.34. The van der Waals surface area contributed by atoms with Crippen LogP contribution < -0.4 is 4.74 Å². The van der Waals surface area contributed by atoms with Crippen LogP contribution in [0.4, 0.5) is 10.5 Å². The molecule has 7 nitrogen and oxygen atoms in total. The first kappa shape index (κ1) is 20.6. The molecular formula is C20H13BrN2O5S. The molecule has 1 fully saturated rings. The van der Waals surface area contributed by atoms with E-state index in [0.29, 0.717) is 16.9 Å². The molecule has 9 heteroatoms. The normalized spacial score (nSPS) is 14.9. The van der Waals surface area contributed by atoms with Crippen molar-refractivity contribution in [2.75, 3.05) is 6.54 Å². The van der Waals surface area contributed by atoms with E-state index in [9.17, 15) is 19.7 Å². The molecule has 1 heterocycles. The van der Waals surface area contributed by atoms with E-state index in [0.717, 1.165) is 21.1 Å². The van der Waals surface area contributed by atoms with E-state index in [1.165, 1.54) is 12.1 Å². The van der Waals surface area contributed by atoms with Gasteiger partial charge in [-0.3, -0.25) is 24.6 Å². The van der Waals surface area contributed by atoms with Gasteiger partial charge >= 0.3 is 0 Å². The van der Waals surface area contributed by atoms with Crippen molar-refractivity contribution in [3.8, 4) is 18.1 Å². The first-order chi connectivity index (χ1) is 13.9. The number of amides is 2. The molecule has 3 rings (SSSR count). The summed E-state index contributed by atoms with van der Waals surface area (Å²) in [6, 6.07) is 11.4. The van der Waals surface area contributed by atoms with Gasteiger partial charge in [0.1, 0.15) is 12.4 Å². The highest BCUT2D eigenvalue weighted by molar-refractivity contribution is 9.10. The molecule has 1 aliphatic rings. The zero-order chi connectivity index (χ0) is 21.0. The lowest BCUT2D eigenvalue weighted by Gasteiger charge is -2.11. The van der Waals surface area contributed by atoms with E-state index in [4.69, 9.17) is 11.2 Å². The molecule has 0 unspecified atom stereocenters. The van der Waals surface area contributed by atoms with Crippen LogP contribution in [0.1, 0.15) is 11.1 Å². The zero-order valence-corrected chi connectivity index (χ0v) is 17.2. The summed E-state index contributed by atoms with van der Waals surface area (Å²) >= 11 is 4.18. The highest BCUT2D eigenvalue weighted by atomic mass is 79.9. The fourth-order valence-electron chi connectivity index (χ4n) is 2.55. The van der Waals surface area contributed by atoms with Crippen molar-refractivity contribution in [2.24, 2.45) is 0 Å². The maximum Gasteiger partial charge on any atom is 0.294 e. The monoisotopic (exact) mass is 472 g/mol. The summed E-state index contributed by atoms with van der Waals surface area (Å²) < 4.78 is 6.58. The van der Waals surface area contributed by atoms with Crippen LogP contribution in [-0.4, -0.2) is 27.5 Å². The second-order valence-electron chi connectivity index (χ2n) is 5.87. The van der Waals surface area contributed by atoms with Crippen molar-refractivity contribution in [2.45, 2.75) is 6.61 Å². The number of thioether (sulfide) groups is 1. The van der Waals surface area contributed by atoms with Crippen molar-refractivity contribution < 1.29 is 19.2 Å². The Labute approximate surface area is 179 Å². The number of nitrogens with zero attached hydrogens (tertiary/aromatic N) is 2. The second kappa shape index (κ2) is 8.94. The van der Waals surface area contributed by atoms with E-state index in [-0.39, 0.29) is 23.7 Å². The summed E-state index contributed by atoms with van der Waals surface area (Å²) in [5, 5.41) is 10.5. The van der Waals surface area contributed by atoms with Gasteiger partial charge in [0.25, 0.3) is 16.8 Å². The Kier molecular flexibility index (Phi) is 6.36. The van der Waals surface area contributed by atoms with Crippen molar-refractivity contribution in [3.05, 3.63) is 73.1 Å². The number of nitro benzene ring substituents is 1. The van der Waals surface area contributed by atoms with Crippen LogP contribution in [0.15, 0.2) is 51.8 Å². The van der Waals surface area contributed by atoms with Gasteiger partial charge in [-0.25, -0.2) is 0 Å². The molecule has 29 heavy (non-hydrogen) atoms. The first-order valence-corrected chi connectivity index (χ1v) is 9.84. The van der Waals surface area contributed by atoms with Crippen molar-refractivity contribution in [1.29, 1.82) is 0 Å². The Hall–Kier alpha value is -3.09. The van der Waals surface area contributed by atoms with Gasteiger partial charge in [-0.15, -0.1) is 6.42 Å². The van der Waals surface area contributed by atoms with Gasteiger partial charge < -0.3 is 4.74 Å². The van der Waals surface area contributed by atoms with Crippen LogP contribution in [0.5, 0.6) is 5.75 Å². The Balaban J connectivity index is 1.85. The molecule has 1 saturated heterocycles. The number of non-ortho nitro benzene ring substituents is 1. The van der Waals surface area contributed by atoms with Crippen LogP contribution in [-0.2, 0) is 11.4 Å². The lowest BCUT2D eigenvalue weighted by molar-refractivity contribution is -0.384. The van der Waals surface area contributed by atoms with Crippen LogP contribution >= 0.6 is 27.7 Å². The SMILES string of the molecule is C#CCN1C(=O)S/C(=C\c2cc(Br)ccc2OCc2cccc([N+](=O)[O-])c2)C1=O. The maximum atomic E-state index is 12.4. The third-order valence-electron chi connectivity index (χ3n) is 3.90. The topological polar surface area (TPSA) is 89.8 Å². The number of nitro groups is 1.